The van der Waals surface area contributed by atoms with E-state index in [-0.39, 0.29) is 5.84 Å². The molecule has 5 heteroatoms. The van der Waals surface area contributed by atoms with Crippen LogP contribution in [0.1, 0.15) is 5.56 Å². The Morgan fingerprint density at radius 3 is 2.50 bits per heavy atom. The molecule has 3 N–H and O–H groups in total. The molecule has 0 aliphatic carbocycles. The standard InChI is InChI=1S/C15H16FN3O/c1-19(13-5-3-4-6-14(13)20-2)12-8-7-10(15(17)18)9-11(12)16/h3-9H,1-2H3,(H3,17,18). The molecule has 0 unspecified atom stereocenters. The van der Waals surface area contributed by atoms with E-state index in [2.05, 4.69) is 0 Å². The van der Waals surface area contributed by atoms with Crippen LogP contribution in [-0.4, -0.2) is 20.0 Å². The number of amidine groups is 1. The van der Waals surface area contributed by atoms with E-state index in [1.165, 1.54) is 6.07 Å². The van der Waals surface area contributed by atoms with Crippen LogP contribution in [0, 0.1) is 11.2 Å². The van der Waals surface area contributed by atoms with Crippen LogP contribution in [0.25, 0.3) is 0 Å². The van der Waals surface area contributed by atoms with E-state index in [0.29, 0.717) is 17.0 Å². The molecule has 20 heavy (non-hydrogen) atoms. The Labute approximate surface area is 117 Å². The number of nitrogen functional groups attached to an aromatic ring is 1. The normalized spacial score (nSPS) is 10.2. The Morgan fingerprint density at radius 2 is 1.90 bits per heavy atom. The molecule has 0 spiro atoms. The number of para-hydroxylation sites is 2. The maximum atomic E-state index is 14.1. The highest BCUT2D eigenvalue weighted by atomic mass is 19.1. The van der Waals surface area contributed by atoms with Crippen molar-refractivity contribution < 1.29 is 9.13 Å². The summed E-state index contributed by atoms with van der Waals surface area (Å²) in [6.45, 7) is 0. The van der Waals surface area contributed by atoms with Crippen molar-refractivity contribution >= 4 is 17.2 Å². The van der Waals surface area contributed by atoms with Gasteiger partial charge < -0.3 is 15.4 Å². The Kier molecular flexibility index (Phi) is 3.89. The SMILES string of the molecule is COc1ccccc1N(C)c1ccc(C(=N)N)cc1F. The molecule has 0 radical (unpaired) electrons. The first kappa shape index (κ1) is 13.9. The number of hydrogen-bond donors (Lipinski definition) is 2. The molecule has 0 saturated carbocycles. The van der Waals surface area contributed by atoms with Gasteiger partial charge in [-0.05, 0) is 30.3 Å². The molecule has 0 bridgehead atoms. The highest BCUT2D eigenvalue weighted by Crippen LogP contribution is 2.33. The molecule has 0 aromatic heterocycles. The van der Waals surface area contributed by atoms with Crippen LogP contribution < -0.4 is 15.4 Å². The van der Waals surface area contributed by atoms with Gasteiger partial charge >= 0.3 is 0 Å². The molecule has 104 valence electrons. The quantitative estimate of drug-likeness (QED) is 0.665. The van der Waals surface area contributed by atoms with E-state index < -0.39 is 5.82 Å². The smallest absolute Gasteiger partial charge is 0.147 e. The lowest BCUT2D eigenvalue weighted by Crippen LogP contribution is -2.15. The van der Waals surface area contributed by atoms with Gasteiger partial charge in [-0.15, -0.1) is 0 Å². The number of methoxy groups -OCH3 is 1. The van der Waals surface area contributed by atoms with Gasteiger partial charge in [0.05, 0.1) is 18.5 Å². The predicted octanol–water partition coefficient (Wildman–Crippen LogP) is 2.89. The van der Waals surface area contributed by atoms with Gasteiger partial charge in [-0.25, -0.2) is 4.39 Å². The summed E-state index contributed by atoms with van der Waals surface area (Å²) in [6.07, 6.45) is 0. The summed E-state index contributed by atoms with van der Waals surface area (Å²) in [5.74, 6) is 0.0616. The zero-order chi connectivity index (χ0) is 14.7. The van der Waals surface area contributed by atoms with Crippen molar-refractivity contribution in [2.45, 2.75) is 0 Å². The number of benzene rings is 2. The minimum Gasteiger partial charge on any atom is -0.495 e. The second kappa shape index (κ2) is 5.61. The lowest BCUT2D eigenvalue weighted by Gasteiger charge is -2.22. The van der Waals surface area contributed by atoms with Gasteiger partial charge in [-0.3, -0.25) is 5.41 Å². The molecule has 0 saturated heterocycles. The van der Waals surface area contributed by atoms with Crippen molar-refractivity contribution in [1.29, 1.82) is 5.41 Å². The fourth-order valence-corrected chi connectivity index (χ4v) is 1.98. The Balaban J connectivity index is 2.43. The second-order valence-electron chi connectivity index (χ2n) is 4.31. The van der Waals surface area contributed by atoms with Crippen molar-refractivity contribution in [2.24, 2.45) is 5.73 Å². The first-order valence-corrected chi connectivity index (χ1v) is 6.05. The third-order valence-electron chi connectivity index (χ3n) is 3.07. The first-order valence-electron chi connectivity index (χ1n) is 6.05. The number of rotatable bonds is 4. The lowest BCUT2D eigenvalue weighted by molar-refractivity contribution is 0.415. The topological polar surface area (TPSA) is 62.3 Å². The molecule has 2 rings (SSSR count). The van der Waals surface area contributed by atoms with E-state index >= 15 is 0 Å². The Morgan fingerprint density at radius 1 is 1.20 bits per heavy atom. The van der Waals surface area contributed by atoms with E-state index in [4.69, 9.17) is 15.9 Å². The van der Waals surface area contributed by atoms with E-state index in [1.54, 1.807) is 31.2 Å². The van der Waals surface area contributed by atoms with Gasteiger partial charge in [0.15, 0.2) is 0 Å². The third kappa shape index (κ3) is 2.56. The number of nitrogens with one attached hydrogen (secondary N) is 1. The van der Waals surface area contributed by atoms with Crippen LogP contribution in [0.3, 0.4) is 0 Å². The van der Waals surface area contributed by atoms with E-state index in [1.807, 2.05) is 24.3 Å². The number of ether oxygens (including phenoxy) is 1. The Hall–Kier alpha value is -2.56. The fraction of sp³-hybridized carbons (Fsp3) is 0.133. The summed E-state index contributed by atoms with van der Waals surface area (Å²) >= 11 is 0. The largest absolute Gasteiger partial charge is 0.495 e. The van der Waals surface area contributed by atoms with E-state index in [9.17, 15) is 4.39 Å². The monoisotopic (exact) mass is 273 g/mol. The summed E-state index contributed by atoms with van der Waals surface area (Å²) in [6, 6.07) is 11.8. The summed E-state index contributed by atoms with van der Waals surface area (Å²) in [4.78, 5) is 1.69. The van der Waals surface area contributed by atoms with E-state index in [0.717, 1.165) is 5.69 Å². The van der Waals surface area contributed by atoms with Gasteiger partial charge in [-0.2, -0.15) is 0 Å². The minimum atomic E-state index is -0.439. The van der Waals surface area contributed by atoms with Gasteiger partial charge in [0, 0.05) is 12.6 Å². The molecule has 0 heterocycles. The van der Waals surface area contributed by atoms with Crippen molar-refractivity contribution in [1.82, 2.24) is 0 Å². The summed E-state index contributed by atoms with van der Waals surface area (Å²) < 4.78 is 19.4. The average molecular weight is 273 g/mol. The van der Waals surface area contributed by atoms with Crippen LogP contribution in [0.5, 0.6) is 5.75 Å². The maximum Gasteiger partial charge on any atom is 0.147 e. The molecule has 4 nitrogen and oxygen atoms in total. The molecular weight excluding hydrogens is 257 g/mol. The number of nitrogens with two attached hydrogens (primary N) is 1. The zero-order valence-corrected chi connectivity index (χ0v) is 11.4. The molecule has 2 aromatic rings. The molecule has 0 aliphatic rings. The van der Waals surface area contributed by atoms with Crippen molar-refractivity contribution in [3.8, 4) is 5.75 Å². The predicted molar refractivity (Wildman–Crippen MR) is 78.5 cm³/mol. The highest BCUT2D eigenvalue weighted by molar-refractivity contribution is 5.95. The number of halogens is 1. The highest BCUT2D eigenvalue weighted by Gasteiger charge is 2.14. The molecule has 0 atom stereocenters. The van der Waals surface area contributed by atoms with Crippen LogP contribution >= 0.6 is 0 Å². The van der Waals surface area contributed by atoms with Crippen LogP contribution in [-0.2, 0) is 0 Å². The van der Waals surface area contributed by atoms with Gasteiger partial charge in [0.25, 0.3) is 0 Å². The Bertz CT molecular complexity index is 643. The van der Waals surface area contributed by atoms with Crippen molar-refractivity contribution in [3.05, 3.63) is 53.8 Å². The van der Waals surface area contributed by atoms with Crippen LogP contribution in [0.4, 0.5) is 15.8 Å². The van der Waals surface area contributed by atoms with Crippen molar-refractivity contribution in [2.75, 3.05) is 19.1 Å². The van der Waals surface area contributed by atoms with Gasteiger partial charge in [0.1, 0.15) is 17.4 Å². The minimum absolute atomic E-state index is 0.157. The second-order valence-corrected chi connectivity index (χ2v) is 4.31. The van der Waals surface area contributed by atoms with Gasteiger partial charge in [0.2, 0.25) is 0 Å². The van der Waals surface area contributed by atoms with Crippen molar-refractivity contribution in [3.63, 3.8) is 0 Å². The number of nitrogens with zero attached hydrogens (tertiary/aromatic N) is 1. The molecule has 0 amide bonds. The lowest BCUT2D eigenvalue weighted by atomic mass is 10.1. The summed E-state index contributed by atoms with van der Waals surface area (Å²) in [5, 5.41) is 7.32. The summed E-state index contributed by atoms with van der Waals surface area (Å²) in [7, 11) is 3.32. The molecule has 2 aromatic carbocycles. The van der Waals surface area contributed by atoms with Gasteiger partial charge in [-0.1, -0.05) is 12.1 Å². The first-order chi connectivity index (χ1) is 9.54. The third-order valence-corrected chi connectivity index (χ3v) is 3.07. The maximum absolute atomic E-state index is 14.1. The molecule has 0 fully saturated rings. The number of hydrogen-bond acceptors (Lipinski definition) is 3. The molecular formula is C15H16FN3O. The van der Waals surface area contributed by atoms with Crippen LogP contribution in [0.2, 0.25) is 0 Å². The number of anilines is 2. The molecule has 0 aliphatic heterocycles. The average Bonchev–Trinajstić information content (AvgIpc) is 2.46. The van der Waals surface area contributed by atoms with Crippen LogP contribution in [0.15, 0.2) is 42.5 Å². The fourth-order valence-electron chi connectivity index (χ4n) is 1.98. The zero-order valence-electron chi connectivity index (χ0n) is 11.4. The summed E-state index contributed by atoms with van der Waals surface area (Å²) in [5.41, 5.74) is 6.85.